The molecular weight excluding hydrogens is 238 g/mol. The van der Waals surface area contributed by atoms with E-state index in [2.05, 4.69) is 44.1 Å². The Hall–Kier alpha value is -1.13. The molecule has 0 radical (unpaired) electrons. The lowest BCUT2D eigenvalue weighted by Gasteiger charge is -2.30. The van der Waals surface area contributed by atoms with E-state index in [0.717, 1.165) is 31.1 Å². The summed E-state index contributed by atoms with van der Waals surface area (Å²) < 4.78 is 5.68. The lowest BCUT2D eigenvalue weighted by Crippen LogP contribution is -2.38. The van der Waals surface area contributed by atoms with Crippen molar-refractivity contribution in [1.82, 2.24) is 10.3 Å². The molecule has 19 heavy (non-hydrogen) atoms. The van der Waals surface area contributed by atoms with Gasteiger partial charge in [0.1, 0.15) is 5.82 Å². The van der Waals surface area contributed by atoms with E-state index in [1.807, 2.05) is 7.05 Å². The molecule has 2 rings (SSSR count). The Labute approximate surface area is 116 Å². The maximum Gasteiger partial charge on any atom is 0.133 e. The summed E-state index contributed by atoms with van der Waals surface area (Å²) in [6.45, 7) is 8.06. The molecule has 2 unspecified atom stereocenters. The van der Waals surface area contributed by atoms with E-state index < -0.39 is 0 Å². The first-order chi connectivity index (χ1) is 9.04. The first kappa shape index (κ1) is 14.3. The first-order valence-corrected chi connectivity index (χ1v) is 7.00. The Kier molecular flexibility index (Phi) is 4.42. The van der Waals surface area contributed by atoms with Gasteiger partial charge in [0, 0.05) is 31.5 Å². The standard InChI is InChI=1S/C15H25N3O/c1-10-8-11(2)17-15(13(10)9-16-4)18(5)14-6-7-19-12(14)3/h8,12,14,16H,6-7,9H2,1-5H3. The number of likely N-dealkylation sites (N-methyl/N-ethyl adjacent to an activating group) is 1. The Morgan fingerprint density at radius 2 is 2.21 bits per heavy atom. The van der Waals surface area contributed by atoms with Crippen molar-refractivity contribution < 1.29 is 4.74 Å². The summed E-state index contributed by atoms with van der Waals surface area (Å²) in [6, 6.07) is 2.57. The van der Waals surface area contributed by atoms with E-state index >= 15 is 0 Å². The zero-order chi connectivity index (χ0) is 14.0. The molecule has 0 aromatic carbocycles. The number of aromatic nitrogens is 1. The molecule has 1 aromatic rings. The number of hydrogen-bond acceptors (Lipinski definition) is 4. The van der Waals surface area contributed by atoms with Gasteiger partial charge in [0.2, 0.25) is 0 Å². The lowest BCUT2D eigenvalue weighted by atomic mass is 10.1. The van der Waals surface area contributed by atoms with Crippen LogP contribution in [0.25, 0.3) is 0 Å². The maximum absolute atomic E-state index is 5.68. The smallest absolute Gasteiger partial charge is 0.133 e. The molecule has 2 heterocycles. The van der Waals surface area contributed by atoms with Gasteiger partial charge in [-0.3, -0.25) is 0 Å². The second-order valence-corrected chi connectivity index (χ2v) is 5.46. The third-order valence-electron chi connectivity index (χ3n) is 3.97. The average Bonchev–Trinajstić information content (AvgIpc) is 2.78. The summed E-state index contributed by atoms with van der Waals surface area (Å²) in [4.78, 5) is 7.06. The van der Waals surface area contributed by atoms with Crippen LogP contribution in [0.3, 0.4) is 0 Å². The lowest BCUT2D eigenvalue weighted by molar-refractivity contribution is 0.118. The van der Waals surface area contributed by atoms with Crippen molar-refractivity contribution >= 4 is 5.82 Å². The molecule has 106 valence electrons. The topological polar surface area (TPSA) is 37.4 Å². The van der Waals surface area contributed by atoms with Gasteiger partial charge in [0.25, 0.3) is 0 Å². The average molecular weight is 263 g/mol. The van der Waals surface area contributed by atoms with Crippen LogP contribution in [0.2, 0.25) is 0 Å². The van der Waals surface area contributed by atoms with Crippen molar-refractivity contribution in [2.75, 3.05) is 25.6 Å². The molecule has 0 aliphatic carbocycles. The predicted molar refractivity (Wildman–Crippen MR) is 78.7 cm³/mol. The number of nitrogens with one attached hydrogen (secondary N) is 1. The maximum atomic E-state index is 5.68. The minimum Gasteiger partial charge on any atom is -0.376 e. The highest BCUT2D eigenvalue weighted by Crippen LogP contribution is 2.27. The second-order valence-electron chi connectivity index (χ2n) is 5.46. The molecule has 0 amide bonds. The van der Waals surface area contributed by atoms with Gasteiger partial charge in [-0.15, -0.1) is 0 Å². The van der Waals surface area contributed by atoms with Crippen LogP contribution in [-0.2, 0) is 11.3 Å². The fourth-order valence-corrected chi connectivity index (χ4v) is 2.92. The minimum absolute atomic E-state index is 0.273. The molecule has 1 saturated heterocycles. The Bertz CT molecular complexity index is 447. The van der Waals surface area contributed by atoms with Gasteiger partial charge in [0.15, 0.2) is 0 Å². The Balaban J connectivity index is 2.36. The van der Waals surface area contributed by atoms with Gasteiger partial charge in [-0.2, -0.15) is 0 Å². The normalized spacial score (nSPS) is 22.8. The van der Waals surface area contributed by atoms with E-state index in [1.165, 1.54) is 11.1 Å². The zero-order valence-corrected chi connectivity index (χ0v) is 12.7. The second kappa shape index (κ2) is 5.88. The molecule has 4 nitrogen and oxygen atoms in total. The summed E-state index contributed by atoms with van der Waals surface area (Å²) in [7, 11) is 4.11. The van der Waals surface area contributed by atoms with E-state index in [1.54, 1.807) is 0 Å². The van der Waals surface area contributed by atoms with Crippen molar-refractivity contribution in [3.05, 3.63) is 22.9 Å². The third kappa shape index (κ3) is 2.90. The minimum atomic E-state index is 0.273. The molecule has 1 aromatic heterocycles. The summed E-state index contributed by atoms with van der Waals surface area (Å²) in [5.74, 6) is 1.09. The fraction of sp³-hybridized carbons (Fsp3) is 0.667. The SMILES string of the molecule is CNCc1c(C)cc(C)nc1N(C)C1CCOC1C. The monoisotopic (exact) mass is 263 g/mol. The fourth-order valence-electron chi connectivity index (χ4n) is 2.92. The van der Waals surface area contributed by atoms with E-state index in [9.17, 15) is 0 Å². The Morgan fingerprint density at radius 1 is 1.47 bits per heavy atom. The molecule has 1 aliphatic heterocycles. The van der Waals surface area contributed by atoms with Crippen LogP contribution < -0.4 is 10.2 Å². The molecule has 1 N–H and O–H groups in total. The quantitative estimate of drug-likeness (QED) is 0.902. The summed E-state index contributed by atoms with van der Waals surface area (Å²) in [5, 5.41) is 3.24. The highest BCUT2D eigenvalue weighted by atomic mass is 16.5. The number of anilines is 1. The molecule has 1 aliphatic rings. The van der Waals surface area contributed by atoms with Crippen LogP contribution in [0.1, 0.15) is 30.2 Å². The number of rotatable bonds is 4. The molecular formula is C15H25N3O. The highest BCUT2D eigenvalue weighted by molar-refractivity contribution is 5.52. The van der Waals surface area contributed by atoms with Gasteiger partial charge in [-0.1, -0.05) is 0 Å². The Morgan fingerprint density at radius 3 is 2.79 bits per heavy atom. The first-order valence-electron chi connectivity index (χ1n) is 7.00. The van der Waals surface area contributed by atoms with E-state index in [4.69, 9.17) is 9.72 Å². The third-order valence-corrected chi connectivity index (χ3v) is 3.97. The van der Waals surface area contributed by atoms with Gasteiger partial charge < -0.3 is 15.0 Å². The van der Waals surface area contributed by atoms with Crippen LogP contribution in [0.4, 0.5) is 5.82 Å². The zero-order valence-electron chi connectivity index (χ0n) is 12.7. The number of aryl methyl sites for hydroxylation is 2. The largest absolute Gasteiger partial charge is 0.376 e. The highest BCUT2D eigenvalue weighted by Gasteiger charge is 2.30. The van der Waals surface area contributed by atoms with E-state index in [0.29, 0.717) is 6.04 Å². The van der Waals surface area contributed by atoms with Crippen molar-refractivity contribution in [3.8, 4) is 0 Å². The van der Waals surface area contributed by atoms with Crippen LogP contribution in [0.5, 0.6) is 0 Å². The van der Waals surface area contributed by atoms with Gasteiger partial charge in [0.05, 0.1) is 12.1 Å². The number of pyridine rings is 1. The molecule has 0 bridgehead atoms. The van der Waals surface area contributed by atoms with Gasteiger partial charge >= 0.3 is 0 Å². The summed E-state index contributed by atoms with van der Waals surface area (Å²) >= 11 is 0. The molecule has 0 saturated carbocycles. The van der Waals surface area contributed by atoms with Crippen molar-refractivity contribution in [3.63, 3.8) is 0 Å². The van der Waals surface area contributed by atoms with Crippen LogP contribution in [0.15, 0.2) is 6.07 Å². The van der Waals surface area contributed by atoms with Crippen molar-refractivity contribution in [2.24, 2.45) is 0 Å². The molecule has 2 atom stereocenters. The van der Waals surface area contributed by atoms with Crippen LogP contribution in [0, 0.1) is 13.8 Å². The molecule has 1 fully saturated rings. The predicted octanol–water partition coefficient (Wildman–Crippen LogP) is 2.03. The van der Waals surface area contributed by atoms with Crippen molar-refractivity contribution in [1.29, 1.82) is 0 Å². The van der Waals surface area contributed by atoms with Crippen LogP contribution in [-0.4, -0.2) is 37.8 Å². The number of ether oxygens (including phenoxy) is 1. The van der Waals surface area contributed by atoms with E-state index in [-0.39, 0.29) is 6.10 Å². The summed E-state index contributed by atoms with van der Waals surface area (Å²) in [5.41, 5.74) is 3.66. The number of hydrogen-bond donors (Lipinski definition) is 1. The van der Waals surface area contributed by atoms with Gasteiger partial charge in [-0.05, 0) is 45.9 Å². The molecule has 0 spiro atoms. The van der Waals surface area contributed by atoms with Gasteiger partial charge in [-0.25, -0.2) is 4.98 Å². The van der Waals surface area contributed by atoms with Crippen LogP contribution >= 0.6 is 0 Å². The number of nitrogens with zero attached hydrogens (tertiary/aromatic N) is 2. The summed E-state index contributed by atoms with van der Waals surface area (Å²) in [6.07, 6.45) is 1.35. The van der Waals surface area contributed by atoms with Crippen molar-refractivity contribution in [2.45, 2.75) is 45.9 Å². The molecule has 4 heteroatoms.